The molecule has 0 radical (unpaired) electrons. The van der Waals surface area contributed by atoms with Gasteiger partial charge < -0.3 is 15.7 Å². The van der Waals surface area contributed by atoms with Gasteiger partial charge in [0.25, 0.3) is 0 Å². The number of hydrogen-bond acceptors (Lipinski definition) is 5. The topological polar surface area (TPSA) is 75.8 Å². The summed E-state index contributed by atoms with van der Waals surface area (Å²) in [5, 5.41) is 10.4. The maximum absolute atomic E-state index is 11.8. The zero-order valence-electron chi connectivity index (χ0n) is 10.4. The van der Waals surface area contributed by atoms with Gasteiger partial charge in [0, 0.05) is 19.7 Å². The predicted molar refractivity (Wildman–Crippen MR) is 68.8 cm³/mol. The van der Waals surface area contributed by atoms with E-state index in [4.69, 9.17) is 15.7 Å². The van der Waals surface area contributed by atoms with E-state index in [1.807, 2.05) is 6.07 Å². The lowest BCUT2D eigenvalue weighted by atomic mass is 10.2. The average Bonchev–Trinajstić information content (AvgIpc) is 2.42. The van der Waals surface area contributed by atoms with E-state index >= 15 is 0 Å². The highest BCUT2D eigenvalue weighted by molar-refractivity contribution is 5.89. The van der Waals surface area contributed by atoms with Gasteiger partial charge in [-0.2, -0.15) is 0 Å². The second kappa shape index (κ2) is 8.63. The van der Waals surface area contributed by atoms with Crippen LogP contribution in [-0.4, -0.2) is 42.4 Å². The maximum Gasteiger partial charge on any atom is 0.357 e. The van der Waals surface area contributed by atoms with E-state index in [0.717, 1.165) is 6.42 Å². The third-order valence-corrected chi connectivity index (χ3v) is 2.40. The minimum Gasteiger partial charge on any atom is -0.396 e. The molecule has 0 aliphatic rings. The summed E-state index contributed by atoms with van der Waals surface area (Å²) in [5.41, 5.74) is 5.94. The molecule has 0 unspecified atom stereocenters. The van der Waals surface area contributed by atoms with Crippen LogP contribution in [0.2, 0.25) is 0 Å². The van der Waals surface area contributed by atoms with Crippen molar-refractivity contribution >= 4 is 5.97 Å². The summed E-state index contributed by atoms with van der Waals surface area (Å²) in [6.07, 6.45) is 1.31. The van der Waals surface area contributed by atoms with Crippen LogP contribution in [0.4, 0.5) is 0 Å². The number of aliphatic hydroxyl groups is 1. The lowest BCUT2D eigenvalue weighted by molar-refractivity contribution is -0.111. The van der Waals surface area contributed by atoms with Gasteiger partial charge in [0.2, 0.25) is 0 Å². The summed E-state index contributed by atoms with van der Waals surface area (Å²) in [7, 11) is 0. The van der Waals surface area contributed by atoms with Crippen molar-refractivity contribution in [2.75, 3.05) is 26.2 Å². The van der Waals surface area contributed by atoms with Gasteiger partial charge in [0.05, 0.1) is 5.56 Å². The molecule has 18 heavy (non-hydrogen) atoms. The Morgan fingerprint density at radius 3 is 2.50 bits per heavy atom. The number of rotatable bonds is 8. The van der Waals surface area contributed by atoms with Crippen molar-refractivity contribution in [3.63, 3.8) is 0 Å². The normalized spacial score (nSPS) is 10.6. The summed E-state index contributed by atoms with van der Waals surface area (Å²) in [6, 6.07) is 8.82. The Kier molecular flexibility index (Phi) is 7.01. The molecule has 1 aromatic rings. The van der Waals surface area contributed by atoms with Crippen LogP contribution in [0.5, 0.6) is 0 Å². The van der Waals surface area contributed by atoms with E-state index in [0.29, 0.717) is 31.6 Å². The number of aliphatic hydroxyl groups excluding tert-OH is 1. The minimum atomic E-state index is -0.384. The van der Waals surface area contributed by atoms with Crippen molar-refractivity contribution in [1.29, 1.82) is 0 Å². The fourth-order valence-corrected chi connectivity index (χ4v) is 1.46. The summed E-state index contributed by atoms with van der Waals surface area (Å²) in [5.74, 6) is -0.384. The standard InChI is InChI=1S/C13H20N2O3/c14-8-4-9-15(10-5-11-16)18-13(17)12-6-2-1-3-7-12/h1-3,6-7,16H,4-5,8-11,14H2. The Labute approximate surface area is 107 Å². The number of carbonyl (C=O) groups excluding carboxylic acids is 1. The van der Waals surface area contributed by atoms with Crippen molar-refractivity contribution in [2.45, 2.75) is 12.8 Å². The van der Waals surface area contributed by atoms with Crippen molar-refractivity contribution in [3.8, 4) is 0 Å². The number of benzene rings is 1. The Hall–Kier alpha value is -1.43. The molecule has 0 bridgehead atoms. The van der Waals surface area contributed by atoms with E-state index in [9.17, 15) is 4.79 Å². The zero-order valence-corrected chi connectivity index (χ0v) is 10.4. The fraction of sp³-hybridized carbons (Fsp3) is 0.462. The van der Waals surface area contributed by atoms with Crippen LogP contribution < -0.4 is 5.73 Å². The highest BCUT2D eigenvalue weighted by atomic mass is 16.7. The van der Waals surface area contributed by atoms with Crippen LogP contribution >= 0.6 is 0 Å². The SMILES string of the molecule is NCCCN(CCCO)OC(=O)c1ccccc1. The number of hydrogen-bond donors (Lipinski definition) is 2. The molecule has 0 spiro atoms. The second-order valence-electron chi connectivity index (χ2n) is 3.89. The molecule has 0 aromatic heterocycles. The fourth-order valence-electron chi connectivity index (χ4n) is 1.46. The van der Waals surface area contributed by atoms with Crippen molar-refractivity contribution in [2.24, 2.45) is 5.73 Å². The second-order valence-corrected chi connectivity index (χ2v) is 3.89. The van der Waals surface area contributed by atoms with Gasteiger partial charge in [0.1, 0.15) is 0 Å². The van der Waals surface area contributed by atoms with Gasteiger partial charge in [-0.15, -0.1) is 5.06 Å². The van der Waals surface area contributed by atoms with Crippen LogP contribution in [0, 0.1) is 0 Å². The zero-order chi connectivity index (χ0) is 13.2. The molecule has 1 aromatic carbocycles. The highest BCUT2D eigenvalue weighted by Crippen LogP contribution is 2.04. The van der Waals surface area contributed by atoms with Gasteiger partial charge in [-0.3, -0.25) is 0 Å². The Balaban J connectivity index is 2.50. The molecule has 0 atom stereocenters. The lowest BCUT2D eigenvalue weighted by Crippen LogP contribution is -2.31. The van der Waals surface area contributed by atoms with Gasteiger partial charge >= 0.3 is 5.97 Å². The number of carbonyl (C=O) groups is 1. The number of nitrogens with two attached hydrogens (primary N) is 1. The van der Waals surface area contributed by atoms with E-state index in [1.165, 1.54) is 0 Å². The first-order chi connectivity index (χ1) is 8.77. The lowest BCUT2D eigenvalue weighted by Gasteiger charge is -2.20. The first-order valence-corrected chi connectivity index (χ1v) is 6.11. The Bertz CT molecular complexity index is 335. The third-order valence-electron chi connectivity index (χ3n) is 2.40. The molecule has 0 amide bonds. The van der Waals surface area contributed by atoms with Gasteiger partial charge in [-0.25, -0.2) is 4.79 Å². The summed E-state index contributed by atoms with van der Waals surface area (Å²) < 4.78 is 0. The molecular formula is C13H20N2O3. The molecule has 0 heterocycles. The third kappa shape index (κ3) is 5.27. The minimum absolute atomic E-state index is 0.0714. The van der Waals surface area contributed by atoms with Crippen molar-refractivity contribution < 1.29 is 14.7 Å². The largest absolute Gasteiger partial charge is 0.396 e. The van der Waals surface area contributed by atoms with Crippen molar-refractivity contribution in [1.82, 2.24) is 5.06 Å². The number of nitrogens with zero attached hydrogens (tertiary/aromatic N) is 1. The maximum atomic E-state index is 11.8. The summed E-state index contributed by atoms with van der Waals surface area (Å²) >= 11 is 0. The molecule has 0 fully saturated rings. The molecule has 0 saturated carbocycles. The van der Waals surface area contributed by atoms with Crippen molar-refractivity contribution in [3.05, 3.63) is 35.9 Å². The number of hydroxylamine groups is 2. The van der Waals surface area contributed by atoms with Crippen LogP contribution in [0.3, 0.4) is 0 Å². The predicted octanol–water partition coefficient (Wildman–Crippen LogP) is 0.792. The molecule has 3 N–H and O–H groups in total. The van der Waals surface area contributed by atoms with Gasteiger partial charge in [-0.1, -0.05) is 18.2 Å². The van der Waals surface area contributed by atoms with E-state index in [-0.39, 0.29) is 12.6 Å². The van der Waals surface area contributed by atoms with Crippen LogP contribution in [0.15, 0.2) is 30.3 Å². The smallest absolute Gasteiger partial charge is 0.357 e. The molecule has 5 heteroatoms. The monoisotopic (exact) mass is 252 g/mol. The van der Waals surface area contributed by atoms with E-state index < -0.39 is 0 Å². The van der Waals surface area contributed by atoms with Gasteiger partial charge in [0.15, 0.2) is 0 Å². The Morgan fingerprint density at radius 1 is 1.22 bits per heavy atom. The molecule has 0 aliphatic carbocycles. The van der Waals surface area contributed by atoms with Crippen LogP contribution in [-0.2, 0) is 4.84 Å². The highest BCUT2D eigenvalue weighted by Gasteiger charge is 2.12. The molecule has 100 valence electrons. The molecular weight excluding hydrogens is 232 g/mol. The summed E-state index contributed by atoms with van der Waals surface area (Å²) in [6.45, 7) is 1.70. The van der Waals surface area contributed by atoms with Crippen LogP contribution in [0.25, 0.3) is 0 Å². The quantitative estimate of drug-likeness (QED) is 0.669. The average molecular weight is 252 g/mol. The Morgan fingerprint density at radius 2 is 1.89 bits per heavy atom. The van der Waals surface area contributed by atoms with Crippen LogP contribution in [0.1, 0.15) is 23.2 Å². The first kappa shape index (κ1) is 14.6. The molecule has 1 rings (SSSR count). The van der Waals surface area contributed by atoms with Gasteiger partial charge in [-0.05, 0) is 31.5 Å². The molecule has 0 aliphatic heterocycles. The van der Waals surface area contributed by atoms with E-state index in [2.05, 4.69) is 0 Å². The molecule has 0 saturated heterocycles. The van der Waals surface area contributed by atoms with E-state index in [1.54, 1.807) is 29.3 Å². The molecule has 5 nitrogen and oxygen atoms in total. The first-order valence-electron chi connectivity index (χ1n) is 6.11. The summed E-state index contributed by atoms with van der Waals surface area (Å²) in [4.78, 5) is 17.1.